The fourth-order valence-corrected chi connectivity index (χ4v) is 2.39. The fraction of sp³-hybridized carbons (Fsp3) is 0. The van der Waals surface area contributed by atoms with Crippen LogP contribution in [0.5, 0.6) is 0 Å². The molecule has 0 bridgehead atoms. The highest BCUT2D eigenvalue weighted by molar-refractivity contribution is 6.30. The quantitative estimate of drug-likeness (QED) is 0.766. The lowest BCUT2D eigenvalue weighted by Crippen LogP contribution is -2.23. The maximum absolute atomic E-state index is 12.2. The number of hydrogen-bond donors (Lipinski definition) is 2. The minimum absolute atomic E-state index is 0.0460. The van der Waals surface area contributed by atoms with Gasteiger partial charge in [0.2, 0.25) is 0 Å². The molecule has 0 aliphatic carbocycles. The third kappa shape index (κ3) is 3.49. The van der Waals surface area contributed by atoms with Gasteiger partial charge in [0.05, 0.1) is 0 Å². The van der Waals surface area contributed by atoms with Gasteiger partial charge in [0.15, 0.2) is 0 Å². The summed E-state index contributed by atoms with van der Waals surface area (Å²) in [4.78, 5) is 27.1. The van der Waals surface area contributed by atoms with Gasteiger partial charge in [-0.2, -0.15) is 0 Å². The Morgan fingerprint density at radius 3 is 2.43 bits per heavy atom. The molecule has 3 aromatic rings. The van der Waals surface area contributed by atoms with Crippen LogP contribution >= 0.6 is 11.6 Å². The number of amides is 1. The van der Waals surface area contributed by atoms with E-state index < -0.39 is 11.5 Å². The highest BCUT2D eigenvalue weighted by atomic mass is 35.5. The Bertz CT molecular complexity index is 904. The second-order valence-electron chi connectivity index (χ2n) is 4.95. The Balaban J connectivity index is 1.86. The van der Waals surface area contributed by atoms with Crippen molar-refractivity contribution in [2.45, 2.75) is 0 Å². The molecule has 0 fully saturated rings. The first-order valence-corrected chi connectivity index (χ1v) is 7.37. The second-order valence-corrected chi connectivity index (χ2v) is 5.38. The van der Waals surface area contributed by atoms with E-state index in [0.29, 0.717) is 16.4 Å². The van der Waals surface area contributed by atoms with Crippen LogP contribution in [0.1, 0.15) is 10.4 Å². The number of halogens is 1. The molecule has 3 rings (SSSR count). The Hall–Kier alpha value is -2.85. The summed E-state index contributed by atoms with van der Waals surface area (Å²) < 4.78 is 0. The maximum atomic E-state index is 12.2. The minimum atomic E-state index is -0.479. The summed E-state index contributed by atoms with van der Waals surface area (Å²) in [6.07, 6.45) is 0. The summed E-state index contributed by atoms with van der Waals surface area (Å²) in [7, 11) is 0. The van der Waals surface area contributed by atoms with Crippen LogP contribution in [0, 0.1) is 0 Å². The Morgan fingerprint density at radius 1 is 0.957 bits per heavy atom. The summed E-state index contributed by atoms with van der Waals surface area (Å²) >= 11 is 5.87. The molecular formula is C18H13ClN2O2. The molecule has 2 N–H and O–H groups in total. The monoisotopic (exact) mass is 324 g/mol. The van der Waals surface area contributed by atoms with Crippen molar-refractivity contribution in [3.05, 3.63) is 87.7 Å². The van der Waals surface area contributed by atoms with Gasteiger partial charge in [-0.1, -0.05) is 48.0 Å². The first-order chi connectivity index (χ1) is 11.1. The number of carbonyl (C=O) groups is 1. The van der Waals surface area contributed by atoms with Gasteiger partial charge >= 0.3 is 0 Å². The minimum Gasteiger partial charge on any atom is -0.322 e. The number of anilines is 1. The van der Waals surface area contributed by atoms with Crippen molar-refractivity contribution >= 4 is 23.2 Å². The Morgan fingerprint density at radius 2 is 1.74 bits per heavy atom. The molecule has 4 nitrogen and oxygen atoms in total. The molecule has 0 atom stereocenters. The SMILES string of the molecule is O=C(Nc1cccc(Cl)c1)c1ccc(-c2ccccc2)[nH]c1=O. The van der Waals surface area contributed by atoms with Crippen LogP contribution in [0.25, 0.3) is 11.3 Å². The average molecular weight is 325 g/mol. The van der Waals surface area contributed by atoms with Crippen molar-refractivity contribution < 1.29 is 4.79 Å². The van der Waals surface area contributed by atoms with E-state index in [1.54, 1.807) is 30.3 Å². The molecule has 1 amide bonds. The smallest absolute Gasteiger partial charge is 0.261 e. The average Bonchev–Trinajstić information content (AvgIpc) is 2.55. The number of aromatic nitrogens is 1. The van der Waals surface area contributed by atoms with Crippen LogP contribution in [0.4, 0.5) is 5.69 Å². The van der Waals surface area contributed by atoms with E-state index in [-0.39, 0.29) is 5.56 Å². The predicted octanol–water partition coefficient (Wildman–Crippen LogP) is 3.95. The number of hydrogen-bond acceptors (Lipinski definition) is 2. The summed E-state index contributed by atoms with van der Waals surface area (Å²) in [6.45, 7) is 0. The molecule has 0 radical (unpaired) electrons. The van der Waals surface area contributed by atoms with Crippen LogP contribution in [0.15, 0.2) is 71.5 Å². The van der Waals surface area contributed by atoms with Crippen molar-refractivity contribution in [2.75, 3.05) is 5.32 Å². The van der Waals surface area contributed by atoms with Gasteiger partial charge in [0, 0.05) is 16.4 Å². The molecule has 114 valence electrons. The lowest BCUT2D eigenvalue weighted by molar-refractivity contribution is 0.102. The van der Waals surface area contributed by atoms with Gasteiger partial charge in [-0.05, 0) is 35.9 Å². The zero-order valence-electron chi connectivity index (χ0n) is 12.0. The second kappa shape index (κ2) is 6.50. The number of H-pyrrole nitrogens is 1. The number of pyridine rings is 1. The van der Waals surface area contributed by atoms with E-state index in [4.69, 9.17) is 11.6 Å². The van der Waals surface area contributed by atoms with Gasteiger partial charge in [0.1, 0.15) is 5.56 Å². The van der Waals surface area contributed by atoms with Crippen LogP contribution < -0.4 is 10.9 Å². The molecule has 5 heteroatoms. The van der Waals surface area contributed by atoms with Crippen molar-refractivity contribution in [1.82, 2.24) is 4.98 Å². The number of benzene rings is 2. The van der Waals surface area contributed by atoms with Gasteiger partial charge in [-0.25, -0.2) is 0 Å². The first kappa shape index (κ1) is 15.1. The normalized spacial score (nSPS) is 10.3. The Labute approximate surface area is 137 Å². The fourth-order valence-electron chi connectivity index (χ4n) is 2.20. The topological polar surface area (TPSA) is 62.0 Å². The molecule has 1 heterocycles. The number of rotatable bonds is 3. The van der Waals surface area contributed by atoms with E-state index >= 15 is 0 Å². The molecule has 0 aliphatic heterocycles. The van der Waals surface area contributed by atoms with Crippen molar-refractivity contribution in [3.8, 4) is 11.3 Å². The van der Waals surface area contributed by atoms with Crippen LogP contribution in [0.3, 0.4) is 0 Å². The molecule has 0 saturated carbocycles. The summed E-state index contributed by atoms with van der Waals surface area (Å²) in [5.41, 5.74) is 1.69. The van der Waals surface area contributed by atoms with E-state index in [1.165, 1.54) is 6.07 Å². The maximum Gasteiger partial charge on any atom is 0.261 e. The molecular weight excluding hydrogens is 312 g/mol. The van der Waals surface area contributed by atoms with E-state index in [0.717, 1.165) is 5.56 Å². The van der Waals surface area contributed by atoms with Crippen molar-refractivity contribution in [3.63, 3.8) is 0 Å². The molecule has 0 unspecified atom stereocenters. The number of aromatic amines is 1. The van der Waals surface area contributed by atoms with Crippen molar-refractivity contribution in [1.29, 1.82) is 0 Å². The predicted molar refractivity (Wildman–Crippen MR) is 91.9 cm³/mol. The summed E-state index contributed by atoms with van der Waals surface area (Å²) in [5.74, 6) is -0.479. The molecule has 1 aromatic heterocycles. The first-order valence-electron chi connectivity index (χ1n) is 6.99. The standard InChI is InChI=1S/C18H13ClN2O2/c19-13-7-4-8-14(11-13)20-17(22)15-9-10-16(21-18(15)23)12-5-2-1-3-6-12/h1-11H,(H,20,22)(H,21,23). The Kier molecular flexibility index (Phi) is 4.26. The van der Waals surface area contributed by atoms with E-state index in [9.17, 15) is 9.59 Å². The molecule has 23 heavy (non-hydrogen) atoms. The van der Waals surface area contributed by atoms with Crippen LogP contribution in [-0.4, -0.2) is 10.9 Å². The highest BCUT2D eigenvalue weighted by Gasteiger charge is 2.12. The molecule has 0 spiro atoms. The lowest BCUT2D eigenvalue weighted by Gasteiger charge is -2.06. The van der Waals surface area contributed by atoms with E-state index in [2.05, 4.69) is 10.3 Å². The third-order valence-electron chi connectivity index (χ3n) is 3.32. The molecule has 0 aliphatic rings. The summed E-state index contributed by atoms with van der Waals surface area (Å²) in [6, 6.07) is 19.4. The molecule has 0 saturated heterocycles. The zero-order chi connectivity index (χ0) is 16.2. The highest BCUT2D eigenvalue weighted by Crippen LogP contribution is 2.17. The summed E-state index contributed by atoms with van der Waals surface area (Å²) in [5, 5.41) is 3.17. The van der Waals surface area contributed by atoms with Gasteiger partial charge in [-0.15, -0.1) is 0 Å². The van der Waals surface area contributed by atoms with E-state index in [1.807, 2.05) is 30.3 Å². The van der Waals surface area contributed by atoms with Gasteiger partial charge in [0.25, 0.3) is 11.5 Å². The molecule has 2 aromatic carbocycles. The van der Waals surface area contributed by atoms with Gasteiger partial charge in [-0.3, -0.25) is 9.59 Å². The zero-order valence-corrected chi connectivity index (χ0v) is 12.8. The number of nitrogens with one attached hydrogen (secondary N) is 2. The van der Waals surface area contributed by atoms with Crippen LogP contribution in [0.2, 0.25) is 5.02 Å². The van der Waals surface area contributed by atoms with Gasteiger partial charge < -0.3 is 10.3 Å². The third-order valence-corrected chi connectivity index (χ3v) is 3.56. The van der Waals surface area contributed by atoms with Crippen molar-refractivity contribution in [2.24, 2.45) is 0 Å². The number of carbonyl (C=O) groups excluding carboxylic acids is 1. The lowest BCUT2D eigenvalue weighted by atomic mass is 10.1. The van der Waals surface area contributed by atoms with Crippen LogP contribution in [-0.2, 0) is 0 Å². The largest absolute Gasteiger partial charge is 0.322 e.